The molecule has 1 N–H and O–H groups in total. The summed E-state index contributed by atoms with van der Waals surface area (Å²) in [5.41, 5.74) is 2.58. The number of hydrogen-bond donors (Lipinski definition) is 1. The lowest BCUT2D eigenvalue weighted by molar-refractivity contribution is 0.0947. The standard InChI is InChI=1S/C22H30N2O4/c25-20-14-19(28-15-17-6-7-17)21(18-9-12-27-13-11-24(18)20)22(26)23-10-8-16-4-2-1-3-5-16/h4,14,17H,1-3,5-13,15H2,(H,23,26). The highest BCUT2D eigenvalue weighted by molar-refractivity contribution is 5.98. The van der Waals surface area contributed by atoms with Gasteiger partial charge in [-0.3, -0.25) is 9.59 Å². The quantitative estimate of drug-likeness (QED) is 0.732. The van der Waals surface area contributed by atoms with Gasteiger partial charge in [-0.1, -0.05) is 11.6 Å². The number of nitrogens with one attached hydrogen (secondary N) is 1. The van der Waals surface area contributed by atoms with Gasteiger partial charge in [0.2, 0.25) is 0 Å². The van der Waals surface area contributed by atoms with Gasteiger partial charge in [0, 0.05) is 31.3 Å². The van der Waals surface area contributed by atoms with Gasteiger partial charge in [-0.15, -0.1) is 0 Å². The Morgan fingerprint density at radius 2 is 2.14 bits per heavy atom. The first-order valence-corrected chi connectivity index (χ1v) is 10.7. The van der Waals surface area contributed by atoms with Crippen molar-refractivity contribution in [2.45, 2.75) is 57.9 Å². The van der Waals surface area contributed by atoms with Crippen LogP contribution in [0.3, 0.4) is 0 Å². The van der Waals surface area contributed by atoms with Crippen molar-refractivity contribution in [3.05, 3.63) is 39.3 Å². The van der Waals surface area contributed by atoms with E-state index in [0.29, 0.717) is 56.6 Å². The van der Waals surface area contributed by atoms with Gasteiger partial charge >= 0.3 is 0 Å². The summed E-state index contributed by atoms with van der Waals surface area (Å²) in [5.74, 6) is 0.839. The smallest absolute Gasteiger partial charge is 0.256 e. The second-order valence-corrected chi connectivity index (χ2v) is 8.05. The summed E-state index contributed by atoms with van der Waals surface area (Å²) in [6.45, 7) is 2.67. The minimum atomic E-state index is -0.146. The Kier molecular flexibility index (Phi) is 6.15. The minimum Gasteiger partial charge on any atom is -0.492 e. The maximum absolute atomic E-state index is 13.1. The number of fused-ring (bicyclic) bond motifs is 1. The van der Waals surface area contributed by atoms with E-state index in [0.717, 1.165) is 37.8 Å². The minimum absolute atomic E-state index is 0.116. The summed E-state index contributed by atoms with van der Waals surface area (Å²) in [6.07, 6.45) is 10.9. The van der Waals surface area contributed by atoms with Gasteiger partial charge < -0.3 is 19.4 Å². The van der Waals surface area contributed by atoms with Crippen molar-refractivity contribution in [3.8, 4) is 5.75 Å². The van der Waals surface area contributed by atoms with Crippen molar-refractivity contribution < 1.29 is 14.3 Å². The zero-order valence-electron chi connectivity index (χ0n) is 16.5. The number of aromatic nitrogens is 1. The second kappa shape index (κ2) is 8.95. The Balaban J connectivity index is 1.54. The number of amides is 1. The second-order valence-electron chi connectivity index (χ2n) is 8.05. The molecule has 1 fully saturated rings. The van der Waals surface area contributed by atoms with E-state index in [1.807, 2.05) is 0 Å². The number of carbonyl (C=O) groups excluding carboxylic acids is 1. The predicted octanol–water partition coefficient (Wildman–Crippen LogP) is 2.83. The molecule has 2 aliphatic carbocycles. The Hall–Kier alpha value is -2.08. The lowest BCUT2D eigenvalue weighted by Gasteiger charge is -2.19. The maximum atomic E-state index is 13.1. The summed E-state index contributed by atoms with van der Waals surface area (Å²) in [7, 11) is 0. The summed E-state index contributed by atoms with van der Waals surface area (Å²) in [6, 6.07) is 1.48. The van der Waals surface area contributed by atoms with Crippen LogP contribution in [0.1, 0.15) is 61.0 Å². The average molecular weight is 386 g/mol. The van der Waals surface area contributed by atoms with E-state index in [-0.39, 0.29) is 11.5 Å². The Morgan fingerprint density at radius 1 is 1.25 bits per heavy atom. The molecule has 0 spiro atoms. The van der Waals surface area contributed by atoms with Gasteiger partial charge in [0.1, 0.15) is 11.3 Å². The van der Waals surface area contributed by atoms with Crippen LogP contribution in [0.15, 0.2) is 22.5 Å². The topological polar surface area (TPSA) is 69.6 Å². The van der Waals surface area contributed by atoms with E-state index in [1.54, 1.807) is 4.57 Å². The maximum Gasteiger partial charge on any atom is 0.256 e. The summed E-state index contributed by atoms with van der Waals surface area (Å²) in [4.78, 5) is 25.7. The summed E-state index contributed by atoms with van der Waals surface area (Å²) >= 11 is 0. The average Bonchev–Trinajstić information content (AvgIpc) is 3.54. The number of allylic oxidation sites excluding steroid dienone is 1. The van der Waals surface area contributed by atoms with Crippen LogP contribution in [0.4, 0.5) is 0 Å². The third-order valence-electron chi connectivity index (χ3n) is 5.84. The van der Waals surface area contributed by atoms with Crippen molar-refractivity contribution in [1.29, 1.82) is 0 Å². The van der Waals surface area contributed by atoms with Crippen LogP contribution in [-0.4, -0.2) is 36.8 Å². The molecular formula is C22H30N2O4. The van der Waals surface area contributed by atoms with E-state index in [2.05, 4.69) is 11.4 Å². The SMILES string of the molecule is O=C(NCCC1=CCCCC1)c1c(OCC2CC2)cc(=O)n2c1CCOCC2. The molecule has 2 heterocycles. The molecule has 0 aromatic carbocycles. The Bertz CT molecular complexity index is 807. The molecule has 1 aliphatic heterocycles. The summed E-state index contributed by atoms with van der Waals surface area (Å²) in [5, 5.41) is 3.06. The molecule has 4 rings (SSSR count). The van der Waals surface area contributed by atoms with E-state index < -0.39 is 0 Å². The Labute approximate surface area is 165 Å². The number of nitrogens with zero attached hydrogens (tertiary/aromatic N) is 1. The van der Waals surface area contributed by atoms with Crippen molar-refractivity contribution in [3.63, 3.8) is 0 Å². The normalized spacial score (nSPS) is 19.4. The fraction of sp³-hybridized carbons (Fsp3) is 0.636. The van der Waals surface area contributed by atoms with Gasteiger partial charge in [-0.25, -0.2) is 0 Å². The van der Waals surface area contributed by atoms with Gasteiger partial charge in [-0.2, -0.15) is 0 Å². The molecule has 1 amide bonds. The number of ether oxygens (including phenoxy) is 2. The molecule has 3 aliphatic rings. The van der Waals surface area contributed by atoms with Gasteiger partial charge in [0.15, 0.2) is 0 Å². The molecular weight excluding hydrogens is 356 g/mol. The molecule has 6 nitrogen and oxygen atoms in total. The fourth-order valence-corrected chi connectivity index (χ4v) is 4.01. The Morgan fingerprint density at radius 3 is 2.93 bits per heavy atom. The highest BCUT2D eigenvalue weighted by Crippen LogP contribution is 2.31. The monoisotopic (exact) mass is 386 g/mol. The van der Waals surface area contributed by atoms with Gasteiger partial charge in [0.25, 0.3) is 11.5 Å². The number of carbonyl (C=O) groups is 1. The number of pyridine rings is 1. The van der Waals surface area contributed by atoms with E-state index in [1.165, 1.54) is 24.5 Å². The largest absolute Gasteiger partial charge is 0.492 e. The first-order valence-electron chi connectivity index (χ1n) is 10.7. The molecule has 0 unspecified atom stereocenters. The molecule has 0 bridgehead atoms. The summed E-state index contributed by atoms with van der Waals surface area (Å²) < 4.78 is 13.2. The molecule has 1 aromatic rings. The molecule has 1 saturated carbocycles. The zero-order chi connectivity index (χ0) is 19.3. The van der Waals surface area contributed by atoms with Gasteiger partial charge in [0.05, 0.1) is 19.8 Å². The molecule has 0 atom stereocenters. The van der Waals surface area contributed by atoms with Crippen molar-refractivity contribution in [1.82, 2.24) is 9.88 Å². The van der Waals surface area contributed by atoms with Crippen LogP contribution < -0.4 is 15.6 Å². The first kappa shape index (κ1) is 19.2. The van der Waals surface area contributed by atoms with Crippen LogP contribution in [0, 0.1) is 5.92 Å². The highest BCUT2D eigenvalue weighted by Gasteiger charge is 2.27. The molecule has 6 heteroatoms. The first-order chi connectivity index (χ1) is 13.7. The van der Waals surface area contributed by atoms with Crippen molar-refractivity contribution >= 4 is 5.91 Å². The third-order valence-corrected chi connectivity index (χ3v) is 5.84. The number of hydrogen-bond acceptors (Lipinski definition) is 4. The fourth-order valence-electron chi connectivity index (χ4n) is 4.01. The van der Waals surface area contributed by atoms with Crippen molar-refractivity contribution in [2.24, 2.45) is 5.92 Å². The number of rotatable bonds is 7. The molecule has 1 aromatic heterocycles. The van der Waals surface area contributed by atoms with Crippen LogP contribution in [0.25, 0.3) is 0 Å². The molecule has 152 valence electrons. The van der Waals surface area contributed by atoms with E-state index in [4.69, 9.17) is 9.47 Å². The molecule has 28 heavy (non-hydrogen) atoms. The molecule has 0 radical (unpaired) electrons. The lowest BCUT2D eigenvalue weighted by Crippen LogP contribution is -2.32. The predicted molar refractivity (Wildman–Crippen MR) is 107 cm³/mol. The van der Waals surface area contributed by atoms with E-state index >= 15 is 0 Å². The van der Waals surface area contributed by atoms with E-state index in [9.17, 15) is 9.59 Å². The van der Waals surface area contributed by atoms with Crippen LogP contribution in [0.2, 0.25) is 0 Å². The third kappa shape index (κ3) is 4.66. The van der Waals surface area contributed by atoms with Crippen molar-refractivity contribution in [2.75, 3.05) is 26.4 Å². The van der Waals surface area contributed by atoms with Crippen LogP contribution >= 0.6 is 0 Å². The van der Waals surface area contributed by atoms with Crippen LogP contribution in [-0.2, 0) is 17.7 Å². The van der Waals surface area contributed by atoms with Gasteiger partial charge in [-0.05, 0) is 50.9 Å². The highest BCUT2D eigenvalue weighted by atomic mass is 16.5. The van der Waals surface area contributed by atoms with Crippen LogP contribution in [0.5, 0.6) is 5.75 Å². The lowest BCUT2D eigenvalue weighted by atomic mass is 9.97. The molecule has 0 saturated heterocycles. The zero-order valence-corrected chi connectivity index (χ0v) is 16.5.